The van der Waals surface area contributed by atoms with Gasteiger partial charge in [-0.3, -0.25) is 4.79 Å². The first-order valence-electron chi connectivity index (χ1n) is 6.78. The molecule has 0 unspecified atom stereocenters. The van der Waals surface area contributed by atoms with E-state index >= 15 is 0 Å². The highest BCUT2D eigenvalue weighted by atomic mass is 19.4. The van der Waals surface area contributed by atoms with Crippen molar-refractivity contribution in [3.05, 3.63) is 0 Å². The molecule has 1 heterocycles. The molecule has 0 spiro atoms. The maximum atomic E-state index is 12.7. The molecule has 0 N–H and O–H groups in total. The molecule has 0 bridgehead atoms. The van der Waals surface area contributed by atoms with Crippen molar-refractivity contribution in [2.75, 3.05) is 13.2 Å². The molecule has 3 atom stereocenters. The van der Waals surface area contributed by atoms with E-state index in [4.69, 9.17) is 4.74 Å². The zero-order valence-electron chi connectivity index (χ0n) is 11.2. The highest BCUT2D eigenvalue weighted by Crippen LogP contribution is 2.37. The van der Waals surface area contributed by atoms with Crippen LogP contribution in [0.1, 0.15) is 33.1 Å². The number of carbonyl (C=O) groups is 1. The van der Waals surface area contributed by atoms with Crippen LogP contribution in [-0.4, -0.2) is 42.3 Å². The van der Waals surface area contributed by atoms with Crippen molar-refractivity contribution in [3.63, 3.8) is 0 Å². The topological polar surface area (TPSA) is 29.5 Å². The van der Waals surface area contributed by atoms with Crippen molar-refractivity contribution >= 4 is 5.91 Å². The summed E-state index contributed by atoms with van der Waals surface area (Å²) in [6, 6.07) is -0.332. The Balaban J connectivity index is 2.09. The molecule has 19 heavy (non-hydrogen) atoms. The number of halogens is 3. The number of nitrogens with zero attached hydrogens (tertiary/aromatic N) is 1. The average molecular weight is 279 g/mol. The van der Waals surface area contributed by atoms with Gasteiger partial charge in [0, 0.05) is 12.6 Å². The molecule has 0 aromatic rings. The normalized spacial score (nSPS) is 29.3. The summed E-state index contributed by atoms with van der Waals surface area (Å²) >= 11 is 0. The molecular formula is C13H20F3NO2. The zero-order valence-corrected chi connectivity index (χ0v) is 11.2. The Morgan fingerprint density at radius 3 is 2.42 bits per heavy atom. The minimum atomic E-state index is -4.35. The van der Waals surface area contributed by atoms with Crippen molar-refractivity contribution in [2.24, 2.45) is 11.8 Å². The van der Waals surface area contributed by atoms with Gasteiger partial charge in [-0.25, -0.2) is 0 Å². The minimum Gasteiger partial charge on any atom is -0.378 e. The Labute approximate surface area is 111 Å². The first kappa shape index (κ1) is 14.6. The second-order valence-electron chi connectivity index (χ2n) is 5.63. The second-order valence-corrected chi connectivity index (χ2v) is 5.63. The monoisotopic (exact) mass is 279 g/mol. The van der Waals surface area contributed by atoms with Crippen molar-refractivity contribution < 1.29 is 22.7 Å². The minimum absolute atomic E-state index is 0.226. The van der Waals surface area contributed by atoms with Crippen LogP contribution in [0.5, 0.6) is 0 Å². The lowest BCUT2D eigenvalue weighted by Crippen LogP contribution is -2.49. The standard InChI is InChI=1S/C13H20F3NO2/c1-8(10-3-4-10)17(7-13(14,15)16)12(18)11-5-6-19-9(11)2/h8-11H,3-7H2,1-2H3/t8-,9-,11-/m0/s1. The Morgan fingerprint density at radius 2 is 2.00 bits per heavy atom. The van der Waals surface area contributed by atoms with Gasteiger partial charge < -0.3 is 9.64 Å². The van der Waals surface area contributed by atoms with E-state index in [2.05, 4.69) is 0 Å². The van der Waals surface area contributed by atoms with Gasteiger partial charge >= 0.3 is 6.18 Å². The van der Waals surface area contributed by atoms with E-state index in [-0.39, 0.29) is 18.1 Å². The van der Waals surface area contributed by atoms with Crippen LogP contribution in [0.15, 0.2) is 0 Å². The summed E-state index contributed by atoms with van der Waals surface area (Å²) < 4.78 is 43.3. The van der Waals surface area contributed by atoms with E-state index in [0.717, 1.165) is 17.7 Å². The number of hydrogen-bond acceptors (Lipinski definition) is 2. The van der Waals surface area contributed by atoms with E-state index in [1.165, 1.54) is 0 Å². The summed E-state index contributed by atoms with van der Waals surface area (Å²) in [6.45, 7) is 2.78. The lowest BCUT2D eigenvalue weighted by molar-refractivity contribution is -0.169. The molecule has 1 amide bonds. The van der Waals surface area contributed by atoms with Crippen molar-refractivity contribution in [1.82, 2.24) is 4.90 Å². The van der Waals surface area contributed by atoms with Crippen LogP contribution in [-0.2, 0) is 9.53 Å². The quantitative estimate of drug-likeness (QED) is 0.791. The van der Waals surface area contributed by atoms with E-state index in [1.54, 1.807) is 13.8 Å². The van der Waals surface area contributed by atoms with Crippen molar-refractivity contribution in [3.8, 4) is 0 Å². The molecule has 0 radical (unpaired) electrons. The van der Waals surface area contributed by atoms with Gasteiger partial charge in [-0.1, -0.05) is 0 Å². The van der Waals surface area contributed by atoms with Gasteiger partial charge in [-0.05, 0) is 39.0 Å². The molecule has 1 saturated carbocycles. The molecule has 2 fully saturated rings. The summed E-state index contributed by atoms with van der Waals surface area (Å²) in [5.41, 5.74) is 0. The molecule has 1 saturated heterocycles. The predicted molar refractivity (Wildman–Crippen MR) is 63.5 cm³/mol. The fourth-order valence-corrected chi connectivity index (χ4v) is 2.72. The summed E-state index contributed by atoms with van der Waals surface area (Å²) in [5, 5.41) is 0. The van der Waals surface area contributed by atoms with Crippen LogP contribution in [0, 0.1) is 11.8 Å². The lowest BCUT2D eigenvalue weighted by atomic mass is 9.99. The van der Waals surface area contributed by atoms with E-state index < -0.39 is 24.5 Å². The highest BCUT2D eigenvalue weighted by Gasteiger charge is 2.44. The third-order valence-electron chi connectivity index (χ3n) is 4.12. The first-order valence-corrected chi connectivity index (χ1v) is 6.78. The molecule has 110 valence electrons. The molecule has 1 aliphatic heterocycles. The second kappa shape index (κ2) is 5.31. The van der Waals surface area contributed by atoms with Gasteiger partial charge in [0.05, 0.1) is 12.0 Å². The van der Waals surface area contributed by atoms with Crippen molar-refractivity contribution in [2.45, 2.75) is 51.4 Å². The lowest BCUT2D eigenvalue weighted by Gasteiger charge is -2.33. The number of alkyl halides is 3. The maximum absolute atomic E-state index is 12.7. The molecular weight excluding hydrogens is 259 g/mol. The van der Waals surface area contributed by atoms with Gasteiger partial charge in [-0.15, -0.1) is 0 Å². The molecule has 2 aliphatic rings. The number of carbonyl (C=O) groups excluding carboxylic acids is 1. The van der Waals surface area contributed by atoms with Gasteiger partial charge in [0.1, 0.15) is 6.54 Å². The van der Waals surface area contributed by atoms with E-state index in [1.807, 2.05) is 0 Å². The van der Waals surface area contributed by atoms with Crippen LogP contribution < -0.4 is 0 Å². The SMILES string of the molecule is C[C@@H]1OCC[C@@H]1C(=O)N(CC(F)(F)F)[C@@H](C)C1CC1. The maximum Gasteiger partial charge on any atom is 0.406 e. The van der Waals surface area contributed by atoms with Gasteiger partial charge in [-0.2, -0.15) is 13.2 Å². The van der Waals surface area contributed by atoms with E-state index in [0.29, 0.717) is 13.0 Å². The summed E-state index contributed by atoms with van der Waals surface area (Å²) in [7, 11) is 0. The Kier molecular flexibility index (Phi) is 4.08. The fraction of sp³-hybridized carbons (Fsp3) is 0.923. The van der Waals surface area contributed by atoms with Crippen molar-refractivity contribution in [1.29, 1.82) is 0 Å². The Morgan fingerprint density at radius 1 is 1.37 bits per heavy atom. The zero-order chi connectivity index (χ0) is 14.2. The summed E-state index contributed by atoms with van der Waals surface area (Å²) in [6.07, 6.45) is -2.28. The predicted octanol–water partition coefficient (Wildman–Crippen LogP) is 2.60. The van der Waals surface area contributed by atoms with Crippen LogP contribution in [0.3, 0.4) is 0 Å². The van der Waals surface area contributed by atoms with Crippen LogP contribution >= 0.6 is 0 Å². The number of hydrogen-bond donors (Lipinski definition) is 0. The van der Waals surface area contributed by atoms with Crippen LogP contribution in [0.4, 0.5) is 13.2 Å². The summed E-state index contributed by atoms with van der Waals surface area (Å²) in [5.74, 6) is -0.603. The van der Waals surface area contributed by atoms with Gasteiger partial charge in [0.25, 0.3) is 0 Å². The van der Waals surface area contributed by atoms with E-state index in [9.17, 15) is 18.0 Å². The largest absolute Gasteiger partial charge is 0.406 e. The average Bonchev–Trinajstić information content (AvgIpc) is 3.06. The number of amides is 1. The van der Waals surface area contributed by atoms with Gasteiger partial charge in [0.2, 0.25) is 5.91 Å². The third-order valence-corrected chi connectivity index (χ3v) is 4.12. The van der Waals surface area contributed by atoms with Crippen LogP contribution in [0.25, 0.3) is 0 Å². The molecule has 6 heteroatoms. The fourth-order valence-electron chi connectivity index (χ4n) is 2.72. The third kappa shape index (κ3) is 3.61. The smallest absolute Gasteiger partial charge is 0.378 e. The highest BCUT2D eigenvalue weighted by molar-refractivity contribution is 5.80. The number of rotatable bonds is 4. The van der Waals surface area contributed by atoms with Crippen LogP contribution in [0.2, 0.25) is 0 Å². The Hall–Kier alpha value is -0.780. The molecule has 0 aromatic carbocycles. The van der Waals surface area contributed by atoms with Gasteiger partial charge in [0.15, 0.2) is 0 Å². The molecule has 2 rings (SSSR count). The first-order chi connectivity index (χ1) is 8.79. The molecule has 0 aromatic heterocycles. The molecule has 1 aliphatic carbocycles. The number of ether oxygens (including phenoxy) is 1. The summed E-state index contributed by atoms with van der Waals surface area (Å²) in [4.78, 5) is 13.4. The Bertz CT molecular complexity index is 341. The molecule has 3 nitrogen and oxygen atoms in total.